The van der Waals surface area contributed by atoms with E-state index in [2.05, 4.69) is 10.4 Å². The molecule has 2 aromatic carbocycles. The molecule has 2 aliphatic heterocycles. The van der Waals surface area contributed by atoms with Crippen LogP contribution in [0.4, 0.5) is 16.2 Å². The topological polar surface area (TPSA) is 99.2 Å². The highest BCUT2D eigenvalue weighted by atomic mass is 16.2. The van der Waals surface area contributed by atoms with Crippen molar-refractivity contribution in [1.82, 2.24) is 5.32 Å². The summed E-state index contributed by atoms with van der Waals surface area (Å²) in [7, 11) is 0. The zero-order chi connectivity index (χ0) is 21.4. The summed E-state index contributed by atoms with van der Waals surface area (Å²) in [6.07, 6.45) is 1.27. The Balaban J connectivity index is 1.68. The highest BCUT2D eigenvalue weighted by Crippen LogP contribution is 2.27. The molecule has 4 rings (SSSR count). The smallest absolute Gasteiger partial charge is 0.273 e. The number of urea groups is 1. The van der Waals surface area contributed by atoms with E-state index >= 15 is 0 Å². The number of carbonyl (C=O) groups excluding carboxylic acids is 4. The Labute approximate surface area is 172 Å². The van der Waals surface area contributed by atoms with Gasteiger partial charge >= 0.3 is 6.03 Å². The van der Waals surface area contributed by atoms with Gasteiger partial charge in [0.05, 0.1) is 23.0 Å². The van der Waals surface area contributed by atoms with E-state index in [9.17, 15) is 19.2 Å². The molecule has 8 heteroatoms. The van der Waals surface area contributed by atoms with Crippen molar-refractivity contribution in [1.29, 1.82) is 0 Å². The molecule has 1 saturated heterocycles. The van der Waals surface area contributed by atoms with Crippen molar-refractivity contribution in [2.75, 3.05) is 9.91 Å². The molecule has 1 fully saturated rings. The summed E-state index contributed by atoms with van der Waals surface area (Å²) in [5.41, 5.74) is 1.93. The van der Waals surface area contributed by atoms with Crippen LogP contribution in [0, 0.1) is 12.8 Å². The molecule has 1 atom stereocenters. The Morgan fingerprint density at radius 3 is 2.33 bits per heavy atom. The number of hydrazone groups is 1. The summed E-state index contributed by atoms with van der Waals surface area (Å²) in [4.78, 5) is 51.5. The number of amides is 5. The van der Waals surface area contributed by atoms with Crippen LogP contribution in [0.25, 0.3) is 0 Å². The van der Waals surface area contributed by atoms with Crippen LogP contribution in [0.5, 0.6) is 0 Å². The van der Waals surface area contributed by atoms with Crippen LogP contribution in [0.2, 0.25) is 0 Å². The molecule has 1 N–H and O–H groups in total. The molecule has 5 amide bonds. The van der Waals surface area contributed by atoms with Crippen molar-refractivity contribution in [3.05, 3.63) is 71.8 Å². The number of barbiturate groups is 1. The summed E-state index contributed by atoms with van der Waals surface area (Å²) in [6, 6.07) is 14.8. The van der Waals surface area contributed by atoms with E-state index in [1.165, 1.54) is 11.1 Å². The number of aryl methyl sites for hydroxylation is 1. The number of nitrogens with zero attached hydrogens (tertiary/aromatic N) is 3. The zero-order valence-corrected chi connectivity index (χ0v) is 16.3. The van der Waals surface area contributed by atoms with Crippen molar-refractivity contribution >= 4 is 40.8 Å². The fourth-order valence-electron chi connectivity index (χ4n) is 3.37. The number of carbonyl (C=O) groups is 4. The lowest BCUT2D eigenvalue weighted by molar-refractivity contribution is -0.122. The first kappa shape index (κ1) is 19.3. The average molecular weight is 402 g/mol. The second-order valence-electron chi connectivity index (χ2n) is 7.02. The van der Waals surface area contributed by atoms with Crippen molar-refractivity contribution in [3.63, 3.8) is 0 Å². The first-order valence-electron chi connectivity index (χ1n) is 9.29. The summed E-state index contributed by atoms with van der Waals surface area (Å²) in [6.45, 7) is 3.48. The molecule has 2 aliphatic rings. The molecule has 0 aromatic heterocycles. The van der Waals surface area contributed by atoms with Gasteiger partial charge in [-0.25, -0.2) is 9.69 Å². The van der Waals surface area contributed by atoms with Gasteiger partial charge in [-0.15, -0.1) is 0 Å². The Hall–Kier alpha value is -4.07. The van der Waals surface area contributed by atoms with Crippen LogP contribution in [-0.4, -0.2) is 29.5 Å². The highest BCUT2D eigenvalue weighted by molar-refractivity contribution is 6.38. The van der Waals surface area contributed by atoms with Crippen LogP contribution in [-0.2, 0) is 14.4 Å². The molecule has 0 radical (unpaired) electrons. The Kier molecular flexibility index (Phi) is 4.75. The Morgan fingerprint density at radius 2 is 1.63 bits per heavy atom. The van der Waals surface area contributed by atoms with Gasteiger partial charge < -0.3 is 0 Å². The molecule has 0 aliphatic carbocycles. The van der Waals surface area contributed by atoms with Crippen molar-refractivity contribution < 1.29 is 19.2 Å². The maximum Gasteiger partial charge on any atom is 0.335 e. The summed E-state index contributed by atoms with van der Waals surface area (Å²) in [5, 5.41) is 7.68. The molecule has 0 bridgehead atoms. The molecule has 8 nitrogen and oxygen atoms in total. The van der Waals surface area contributed by atoms with Crippen LogP contribution >= 0.6 is 0 Å². The lowest BCUT2D eigenvalue weighted by Gasteiger charge is -2.27. The van der Waals surface area contributed by atoms with Crippen LogP contribution in [0.3, 0.4) is 0 Å². The molecule has 30 heavy (non-hydrogen) atoms. The lowest BCUT2D eigenvalue weighted by atomic mass is 9.98. The monoisotopic (exact) mass is 402 g/mol. The summed E-state index contributed by atoms with van der Waals surface area (Å²) >= 11 is 0. The number of anilines is 2. The van der Waals surface area contributed by atoms with E-state index in [0.29, 0.717) is 17.1 Å². The van der Waals surface area contributed by atoms with Crippen LogP contribution in [0.1, 0.15) is 12.5 Å². The highest BCUT2D eigenvalue weighted by Gasteiger charge is 2.40. The minimum atomic E-state index is -0.887. The first-order chi connectivity index (χ1) is 14.4. The molecule has 0 saturated carbocycles. The third-order valence-electron chi connectivity index (χ3n) is 4.88. The standard InChI is InChI=1S/C22H18N4O4/c1-13-7-6-10-16(11-13)25-20(28)18(19(27)23-22(25)30)12-17-14(2)24-26(21(17)29)15-8-4-3-5-9-15/h3-12,17H,1-2H3,(H,23,27,30)/b18-12+/t17-/m0/s1. The maximum absolute atomic E-state index is 13.0. The predicted molar refractivity (Wildman–Crippen MR) is 111 cm³/mol. The molecule has 0 unspecified atom stereocenters. The summed E-state index contributed by atoms with van der Waals surface area (Å²) in [5.74, 6) is -2.89. The maximum atomic E-state index is 13.0. The minimum Gasteiger partial charge on any atom is -0.273 e. The van der Waals surface area contributed by atoms with Crippen molar-refractivity contribution in [2.45, 2.75) is 13.8 Å². The number of nitrogens with one attached hydrogen (secondary N) is 1. The van der Waals surface area contributed by atoms with Crippen LogP contribution < -0.4 is 15.2 Å². The zero-order valence-electron chi connectivity index (χ0n) is 16.3. The fourth-order valence-corrected chi connectivity index (χ4v) is 3.37. The van der Waals surface area contributed by atoms with E-state index < -0.39 is 23.8 Å². The van der Waals surface area contributed by atoms with E-state index in [1.54, 1.807) is 49.4 Å². The van der Waals surface area contributed by atoms with E-state index in [-0.39, 0.29) is 11.5 Å². The summed E-state index contributed by atoms with van der Waals surface area (Å²) < 4.78 is 0. The first-order valence-corrected chi connectivity index (χ1v) is 9.29. The SMILES string of the molecule is CC1=NN(c2ccccc2)C(=O)[C@H]1/C=C1\C(=O)NC(=O)N(c2cccc(C)c2)C1=O. The molecule has 0 spiro atoms. The van der Waals surface area contributed by atoms with Gasteiger partial charge in [-0.05, 0) is 49.8 Å². The van der Waals surface area contributed by atoms with Gasteiger partial charge in [0.25, 0.3) is 17.7 Å². The lowest BCUT2D eigenvalue weighted by Crippen LogP contribution is -2.54. The second kappa shape index (κ2) is 7.40. The second-order valence-corrected chi connectivity index (χ2v) is 7.02. The van der Waals surface area contributed by atoms with Gasteiger partial charge in [0, 0.05) is 0 Å². The number of rotatable bonds is 3. The van der Waals surface area contributed by atoms with E-state index in [1.807, 2.05) is 19.1 Å². The quantitative estimate of drug-likeness (QED) is 0.630. The molecular weight excluding hydrogens is 384 g/mol. The molecule has 2 aromatic rings. The van der Waals surface area contributed by atoms with Gasteiger partial charge in [-0.2, -0.15) is 10.1 Å². The number of hydrogen-bond donors (Lipinski definition) is 1. The molecule has 150 valence electrons. The molecule has 2 heterocycles. The van der Waals surface area contributed by atoms with Gasteiger partial charge in [-0.1, -0.05) is 30.3 Å². The largest absolute Gasteiger partial charge is 0.335 e. The Morgan fingerprint density at radius 1 is 0.933 bits per heavy atom. The number of para-hydroxylation sites is 1. The van der Waals surface area contributed by atoms with Crippen molar-refractivity contribution in [2.24, 2.45) is 11.0 Å². The fraction of sp³-hybridized carbons (Fsp3) is 0.136. The van der Waals surface area contributed by atoms with Gasteiger partial charge in [-0.3, -0.25) is 19.7 Å². The third kappa shape index (κ3) is 3.28. The number of hydrogen-bond acceptors (Lipinski definition) is 5. The van der Waals surface area contributed by atoms with Gasteiger partial charge in [0.15, 0.2) is 0 Å². The van der Waals surface area contributed by atoms with Gasteiger partial charge in [0.1, 0.15) is 5.57 Å². The van der Waals surface area contributed by atoms with Gasteiger partial charge in [0.2, 0.25) is 0 Å². The average Bonchev–Trinajstić information content (AvgIpc) is 2.99. The molecular formula is C22H18N4O4. The minimum absolute atomic E-state index is 0.279. The number of imide groups is 2. The predicted octanol–water partition coefficient (Wildman–Crippen LogP) is 2.54. The van der Waals surface area contributed by atoms with E-state index in [4.69, 9.17) is 0 Å². The van der Waals surface area contributed by atoms with E-state index in [0.717, 1.165) is 10.5 Å². The van der Waals surface area contributed by atoms with Crippen LogP contribution in [0.15, 0.2) is 71.3 Å². The van der Waals surface area contributed by atoms with Crippen molar-refractivity contribution in [3.8, 4) is 0 Å². The number of benzene rings is 2. The third-order valence-corrected chi connectivity index (χ3v) is 4.88. The Bertz CT molecular complexity index is 1140. The normalized spacial score (nSPS) is 20.7.